The monoisotopic (exact) mass is 536 g/mol. The van der Waals surface area contributed by atoms with Crippen LogP contribution in [0.3, 0.4) is 0 Å². The first kappa shape index (κ1) is 25.3. The van der Waals surface area contributed by atoms with Crippen molar-refractivity contribution in [3.63, 3.8) is 0 Å². The predicted octanol–water partition coefficient (Wildman–Crippen LogP) is 4.14. The number of hydrogen-bond donors (Lipinski definition) is 1. The number of hydrogen-bond acceptors (Lipinski definition) is 6. The molecule has 38 heavy (non-hydrogen) atoms. The predicted molar refractivity (Wildman–Crippen MR) is 141 cm³/mol. The number of carbonyl (C=O) groups excluding carboxylic acids is 1. The zero-order valence-corrected chi connectivity index (χ0v) is 21.1. The standard InChI is InChI=1S/C28H25FN2O6S/c29-21-8-10-22(11-9-21)31(38(33,34)23-12-13-26-27(18-23)37-17-16-36-26)19-28(32)30-14-15-35-25-7-3-5-20-4-1-2-6-24(20)25/h1-13,18H,14-17,19H2,(H,30,32). The van der Waals surface area contributed by atoms with Gasteiger partial charge in [0.1, 0.15) is 37.9 Å². The number of fused-ring (bicyclic) bond motifs is 2. The van der Waals surface area contributed by atoms with E-state index in [9.17, 15) is 17.6 Å². The molecule has 1 N–H and O–H groups in total. The number of carbonyl (C=O) groups is 1. The van der Waals surface area contributed by atoms with Crippen molar-refractivity contribution in [3.8, 4) is 17.2 Å². The van der Waals surface area contributed by atoms with Gasteiger partial charge in [0.05, 0.1) is 17.1 Å². The number of halogens is 1. The summed E-state index contributed by atoms with van der Waals surface area (Å²) in [5.41, 5.74) is 0.142. The van der Waals surface area contributed by atoms with E-state index in [1.165, 1.54) is 30.3 Å². The van der Waals surface area contributed by atoms with E-state index in [1.54, 1.807) is 0 Å². The van der Waals surface area contributed by atoms with Crippen LogP contribution in [-0.2, 0) is 14.8 Å². The second-order valence-corrected chi connectivity index (χ2v) is 10.3. The van der Waals surface area contributed by atoms with Gasteiger partial charge in [0.15, 0.2) is 11.5 Å². The second-order valence-electron chi connectivity index (χ2n) is 8.47. The van der Waals surface area contributed by atoms with E-state index < -0.39 is 28.3 Å². The van der Waals surface area contributed by atoms with Crippen LogP contribution in [0, 0.1) is 5.82 Å². The number of nitrogens with one attached hydrogen (secondary N) is 1. The number of benzene rings is 4. The van der Waals surface area contributed by atoms with Crippen molar-refractivity contribution in [2.75, 3.05) is 37.2 Å². The fourth-order valence-corrected chi connectivity index (χ4v) is 5.53. The van der Waals surface area contributed by atoms with E-state index in [4.69, 9.17) is 14.2 Å². The summed E-state index contributed by atoms with van der Waals surface area (Å²) in [7, 11) is -4.21. The highest BCUT2D eigenvalue weighted by Gasteiger charge is 2.29. The maximum absolute atomic E-state index is 13.6. The fraction of sp³-hybridized carbons (Fsp3) is 0.179. The Morgan fingerprint density at radius 2 is 1.66 bits per heavy atom. The molecule has 0 radical (unpaired) electrons. The minimum atomic E-state index is -4.21. The van der Waals surface area contributed by atoms with Crippen molar-refractivity contribution >= 4 is 32.4 Å². The summed E-state index contributed by atoms with van der Waals surface area (Å²) >= 11 is 0. The Kier molecular flexibility index (Phi) is 7.32. The topological polar surface area (TPSA) is 94.2 Å². The van der Waals surface area contributed by atoms with Gasteiger partial charge in [0, 0.05) is 11.5 Å². The van der Waals surface area contributed by atoms with Gasteiger partial charge in [-0.15, -0.1) is 0 Å². The first-order valence-electron chi connectivity index (χ1n) is 12.0. The Labute approximate surface area is 219 Å². The lowest BCUT2D eigenvalue weighted by molar-refractivity contribution is -0.119. The Bertz CT molecular complexity index is 1550. The van der Waals surface area contributed by atoms with Gasteiger partial charge in [0.25, 0.3) is 10.0 Å². The smallest absolute Gasteiger partial charge is 0.264 e. The normalized spacial score (nSPS) is 12.7. The molecule has 1 heterocycles. The molecule has 196 valence electrons. The molecule has 4 aromatic rings. The molecule has 0 aliphatic carbocycles. The second kappa shape index (κ2) is 11.0. The van der Waals surface area contributed by atoms with Crippen molar-refractivity contribution < 1.29 is 31.8 Å². The molecule has 0 spiro atoms. The van der Waals surface area contributed by atoms with E-state index in [2.05, 4.69) is 5.32 Å². The highest BCUT2D eigenvalue weighted by atomic mass is 32.2. The summed E-state index contributed by atoms with van der Waals surface area (Å²) in [4.78, 5) is 12.8. The van der Waals surface area contributed by atoms with Crippen molar-refractivity contribution in [2.45, 2.75) is 4.90 Å². The summed E-state index contributed by atoms with van der Waals surface area (Å²) in [5.74, 6) is 0.350. The molecular formula is C28H25FN2O6S. The van der Waals surface area contributed by atoms with Crippen LogP contribution < -0.4 is 23.8 Å². The molecule has 1 aliphatic heterocycles. The molecular weight excluding hydrogens is 511 g/mol. The minimum absolute atomic E-state index is 0.0850. The van der Waals surface area contributed by atoms with Gasteiger partial charge in [-0.3, -0.25) is 9.10 Å². The largest absolute Gasteiger partial charge is 0.491 e. The van der Waals surface area contributed by atoms with Gasteiger partial charge >= 0.3 is 0 Å². The van der Waals surface area contributed by atoms with E-state index in [-0.39, 0.29) is 23.7 Å². The van der Waals surface area contributed by atoms with E-state index in [0.29, 0.717) is 30.5 Å². The molecule has 1 aliphatic rings. The minimum Gasteiger partial charge on any atom is -0.491 e. The van der Waals surface area contributed by atoms with Crippen molar-refractivity contribution in [2.24, 2.45) is 0 Å². The molecule has 0 saturated heterocycles. The Balaban J connectivity index is 1.29. The Morgan fingerprint density at radius 3 is 2.47 bits per heavy atom. The lowest BCUT2D eigenvalue weighted by atomic mass is 10.1. The molecule has 0 bridgehead atoms. The molecule has 0 aromatic heterocycles. The SMILES string of the molecule is O=C(CN(c1ccc(F)cc1)S(=O)(=O)c1ccc2c(c1)OCCO2)NCCOc1cccc2ccccc12. The lowest BCUT2D eigenvalue weighted by Gasteiger charge is -2.25. The molecule has 8 nitrogen and oxygen atoms in total. The van der Waals surface area contributed by atoms with Gasteiger partial charge in [-0.25, -0.2) is 12.8 Å². The van der Waals surface area contributed by atoms with Gasteiger partial charge in [0.2, 0.25) is 5.91 Å². The van der Waals surface area contributed by atoms with Gasteiger partial charge in [-0.2, -0.15) is 0 Å². The number of nitrogens with zero attached hydrogens (tertiary/aromatic N) is 1. The molecule has 5 rings (SSSR count). The summed E-state index contributed by atoms with van der Waals surface area (Å²) in [6.45, 7) is 0.484. The highest BCUT2D eigenvalue weighted by molar-refractivity contribution is 7.92. The van der Waals surface area contributed by atoms with E-state index in [0.717, 1.165) is 27.2 Å². The van der Waals surface area contributed by atoms with Crippen LogP contribution in [0.2, 0.25) is 0 Å². The first-order valence-corrected chi connectivity index (χ1v) is 13.4. The summed E-state index contributed by atoms with van der Waals surface area (Å²) in [6, 6.07) is 22.7. The fourth-order valence-electron chi connectivity index (χ4n) is 4.09. The van der Waals surface area contributed by atoms with Gasteiger partial charge in [-0.1, -0.05) is 36.4 Å². The van der Waals surface area contributed by atoms with Crippen molar-refractivity contribution in [3.05, 3.63) is 90.7 Å². The number of amides is 1. The quantitative estimate of drug-likeness (QED) is 0.323. The summed E-state index contributed by atoms with van der Waals surface area (Å²) in [5, 5.41) is 4.69. The van der Waals surface area contributed by atoms with Crippen LogP contribution in [0.25, 0.3) is 10.8 Å². The van der Waals surface area contributed by atoms with Crippen LogP contribution in [0.1, 0.15) is 0 Å². The van der Waals surface area contributed by atoms with Crippen LogP contribution in [0.4, 0.5) is 10.1 Å². The molecule has 4 aromatic carbocycles. The third-order valence-corrected chi connectivity index (χ3v) is 7.70. The van der Waals surface area contributed by atoms with Crippen molar-refractivity contribution in [1.82, 2.24) is 5.32 Å². The average molecular weight is 537 g/mol. The van der Waals surface area contributed by atoms with Crippen LogP contribution in [0.5, 0.6) is 17.2 Å². The molecule has 0 saturated carbocycles. The molecule has 10 heteroatoms. The van der Waals surface area contributed by atoms with Crippen LogP contribution in [-0.4, -0.2) is 47.2 Å². The highest BCUT2D eigenvalue weighted by Crippen LogP contribution is 2.34. The average Bonchev–Trinajstić information content (AvgIpc) is 2.94. The Morgan fingerprint density at radius 1 is 0.921 bits per heavy atom. The first-order chi connectivity index (χ1) is 18.4. The van der Waals surface area contributed by atoms with Crippen LogP contribution >= 0.6 is 0 Å². The van der Waals surface area contributed by atoms with Gasteiger partial charge in [-0.05, 0) is 47.9 Å². The number of rotatable bonds is 9. The lowest BCUT2D eigenvalue weighted by Crippen LogP contribution is -2.42. The Hall–Kier alpha value is -4.31. The molecule has 0 atom stereocenters. The number of ether oxygens (including phenoxy) is 3. The van der Waals surface area contributed by atoms with E-state index in [1.807, 2.05) is 42.5 Å². The van der Waals surface area contributed by atoms with Gasteiger partial charge < -0.3 is 19.5 Å². The summed E-state index contributed by atoms with van der Waals surface area (Å²) in [6.07, 6.45) is 0. The number of anilines is 1. The zero-order valence-electron chi connectivity index (χ0n) is 20.3. The third-order valence-electron chi connectivity index (χ3n) is 5.93. The van der Waals surface area contributed by atoms with E-state index >= 15 is 0 Å². The maximum Gasteiger partial charge on any atom is 0.264 e. The van der Waals surface area contributed by atoms with Crippen molar-refractivity contribution in [1.29, 1.82) is 0 Å². The summed E-state index contributed by atoms with van der Waals surface area (Å²) < 4.78 is 58.6. The maximum atomic E-state index is 13.6. The third kappa shape index (κ3) is 5.50. The zero-order chi connectivity index (χ0) is 26.5. The van der Waals surface area contributed by atoms with Crippen LogP contribution in [0.15, 0.2) is 89.8 Å². The molecule has 0 fully saturated rings. The molecule has 0 unspecified atom stereocenters. The molecule has 1 amide bonds. The number of sulfonamides is 1.